The summed E-state index contributed by atoms with van der Waals surface area (Å²) < 4.78 is 40.9. The van der Waals surface area contributed by atoms with E-state index in [1.807, 2.05) is 13.8 Å². The molecule has 20 heavy (non-hydrogen) atoms. The van der Waals surface area contributed by atoms with Crippen molar-refractivity contribution in [3.05, 3.63) is 50.1 Å². The van der Waals surface area contributed by atoms with E-state index in [1.165, 1.54) is 0 Å². The Morgan fingerprint density at radius 2 is 1.80 bits per heavy atom. The molecular weight excluding hydrogens is 337 g/mol. The van der Waals surface area contributed by atoms with Crippen LogP contribution in [0.25, 0.3) is 5.69 Å². The highest BCUT2D eigenvalue weighted by molar-refractivity contribution is 9.10. The highest BCUT2D eigenvalue weighted by atomic mass is 79.9. The SMILES string of the molecule is CC(C)Cc1[nH]n(-c2cc(F)c(F)cc2F)c(=O)c1Br. The largest absolute Gasteiger partial charge is 0.294 e. The van der Waals surface area contributed by atoms with E-state index in [9.17, 15) is 18.0 Å². The second kappa shape index (κ2) is 5.47. The van der Waals surface area contributed by atoms with E-state index >= 15 is 0 Å². The lowest BCUT2D eigenvalue weighted by Gasteiger charge is -2.05. The van der Waals surface area contributed by atoms with Crippen LogP contribution in [0.2, 0.25) is 0 Å². The van der Waals surface area contributed by atoms with E-state index in [-0.39, 0.29) is 16.1 Å². The van der Waals surface area contributed by atoms with E-state index in [2.05, 4.69) is 21.0 Å². The lowest BCUT2D eigenvalue weighted by atomic mass is 10.1. The Kier molecular flexibility index (Phi) is 4.08. The first kappa shape index (κ1) is 14.9. The average Bonchev–Trinajstić information content (AvgIpc) is 2.62. The zero-order valence-corrected chi connectivity index (χ0v) is 12.4. The van der Waals surface area contributed by atoms with Gasteiger partial charge in [-0.15, -0.1) is 0 Å². The van der Waals surface area contributed by atoms with Gasteiger partial charge in [0.05, 0.1) is 5.69 Å². The standard InChI is InChI=1S/C13H12BrF3N2O/c1-6(2)3-10-12(14)13(20)19(18-10)11-5-8(16)7(15)4-9(11)17/h4-6,18H,3H2,1-2H3. The summed E-state index contributed by atoms with van der Waals surface area (Å²) in [4.78, 5) is 12.0. The van der Waals surface area contributed by atoms with Crippen LogP contribution in [-0.4, -0.2) is 9.78 Å². The summed E-state index contributed by atoms with van der Waals surface area (Å²) in [7, 11) is 0. The highest BCUT2D eigenvalue weighted by Crippen LogP contribution is 2.20. The molecule has 1 aromatic heterocycles. The van der Waals surface area contributed by atoms with Crippen LogP contribution in [0.15, 0.2) is 21.4 Å². The third-order valence-corrected chi connectivity index (χ3v) is 3.56. The fraction of sp³-hybridized carbons (Fsp3) is 0.308. The third-order valence-electron chi connectivity index (χ3n) is 2.75. The summed E-state index contributed by atoms with van der Waals surface area (Å²) in [6.07, 6.45) is 0.564. The molecule has 0 radical (unpaired) electrons. The van der Waals surface area contributed by atoms with Crippen molar-refractivity contribution in [2.24, 2.45) is 5.92 Å². The normalized spacial score (nSPS) is 11.3. The van der Waals surface area contributed by atoms with E-state index in [0.29, 0.717) is 24.2 Å². The van der Waals surface area contributed by atoms with Gasteiger partial charge in [0.2, 0.25) is 0 Å². The number of aromatic nitrogens is 2. The molecule has 0 aliphatic heterocycles. The number of halogens is 4. The number of hydrogen-bond acceptors (Lipinski definition) is 1. The first-order chi connectivity index (χ1) is 9.31. The van der Waals surface area contributed by atoms with Gasteiger partial charge in [-0.05, 0) is 28.3 Å². The van der Waals surface area contributed by atoms with Gasteiger partial charge < -0.3 is 0 Å². The predicted molar refractivity (Wildman–Crippen MR) is 72.5 cm³/mol. The summed E-state index contributed by atoms with van der Waals surface area (Å²) in [6.45, 7) is 3.92. The molecule has 1 heterocycles. The van der Waals surface area contributed by atoms with Crippen molar-refractivity contribution in [1.82, 2.24) is 9.78 Å². The molecule has 108 valence electrons. The Balaban J connectivity index is 2.59. The molecule has 0 atom stereocenters. The maximum Gasteiger partial charge on any atom is 0.285 e. The van der Waals surface area contributed by atoms with E-state index in [1.54, 1.807) is 0 Å². The van der Waals surface area contributed by atoms with Crippen molar-refractivity contribution in [3.8, 4) is 5.69 Å². The lowest BCUT2D eigenvalue weighted by Crippen LogP contribution is -2.16. The predicted octanol–water partition coefficient (Wildman–Crippen LogP) is 3.54. The summed E-state index contributed by atoms with van der Waals surface area (Å²) in [5.74, 6) is -3.26. The van der Waals surface area contributed by atoms with Gasteiger partial charge in [-0.2, -0.15) is 0 Å². The van der Waals surface area contributed by atoms with Gasteiger partial charge in [0.1, 0.15) is 10.2 Å². The molecule has 0 aliphatic rings. The molecule has 2 aromatic rings. The Labute approximate surface area is 121 Å². The zero-order chi connectivity index (χ0) is 15.0. The fourth-order valence-electron chi connectivity index (χ4n) is 1.86. The van der Waals surface area contributed by atoms with Gasteiger partial charge in [-0.25, -0.2) is 17.9 Å². The van der Waals surface area contributed by atoms with Gasteiger partial charge in [0.25, 0.3) is 5.56 Å². The molecule has 1 aromatic carbocycles. The smallest absolute Gasteiger partial charge is 0.285 e. The molecule has 0 unspecified atom stereocenters. The number of nitrogens with one attached hydrogen (secondary N) is 1. The lowest BCUT2D eigenvalue weighted by molar-refractivity contribution is 0.490. The van der Waals surface area contributed by atoms with Crippen LogP contribution in [0.5, 0.6) is 0 Å². The van der Waals surface area contributed by atoms with Crippen molar-refractivity contribution < 1.29 is 13.2 Å². The number of rotatable bonds is 3. The van der Waals surface area contributed by atoms with E-state index in [0.717, 1.165) is 4.68 Å². The second-order valence-corrected chi connectivity index (χ2v) is 5.65. The van der Waals surface area contributed by atoms with Crippen molar-refractivity contribution in [2.75, 3.05) is 0 Å². The van der Waals surface area contributed by atoms with Crippen LogP contribution >= 0.6 is 15.9 Å². The molecule has 0 saturated heterocycles. The third kappa shape index (κ3) is 2.67. The molecule has 0 saturated carbocycles. The van der Waals surface area contributed by atoms with Crippen molar-refractivity contribution in [1.29, 1.82) is 0 Å². The Morgan fingerprint density at radius 1 is 1.20 bits per heavy atom. The van der Waals surface area contributed by atoms with Crippen molar-refractivity contribution in [2.45, 2.75) is 20.3 Å². The Bertz CT molecular complexity index is 706. The minimum atomic E-state index is -1.30. The molecule has 0 fully saturated rings. The van der Waals surface area contributed by atoms with Crippen LogP contribution in [-0.2, 0) is 6.42 Å². The fourth-order valence-corrected chi connectivity index (χ4v) is 2.29. The van der Waals surface area contributed by atoms with Crippen LogP contribution in [0.3, 0.4) is 0 Å². The molecule has 1 N–H and O–H groups in total. The number of aromatic amines is 1. The van der Waals surface area contributed by atoms with Gasteiger partial charge in [0.15, 0.2) is 17.5 Å². The number of nitrogens with zero attached hydrogens (tertiary/aromatic N) is 1. The van der Waals surface area contributed by atoms with Crippen molar-refractivity contribution in [3.63, 3.8) is 0 Å². The van der Waals surface area contributed by atoms with Crippen LogP contribution in [0.1, 0.15) is 19.5 Å². The monoisotopic (exact) mass is 348 g/mol. The second-order valence-electron chi connectivity index (χ2n) is 4.86. The molecule has 0 spiro atoms. The van der Waals surface area contributed by atoms with Gasteiger partial charge >= 0.3 is 0 Å². The maximum absolute atomic E-state index is 13.7. The summed E-state index contributed by atoms with van der Waals surface area (Å²) in [6, 6.07) is 1.06. The highest BCUT2D eigenvalue weighted by Gasteiger charge is 2.18. The summed E-state index contributed by atoms with van der Waals surface area (Å²) in [5.41, 5.74) is -0.329. The Morgan fingerprint density at radius 3 is 2.40 bits per heavy atom. The number of hydrogen-bond donors (Lipinski definition) is 1. The van der Waals surface area contributed by atoms with Crippen LogP contribution in [0.4, 0.5) is 13.2 Å². The van der Waals surface area contributed by atoms with Crippen LogP contribution < -0.4 is 5.56 Å². The topological polar surface area (TPSA) is 37.8 Å². The molecule has 3 nitrogen and oxygen atoms in total. The van der Waals surface area contributed by atoms with Gasteiger partial charge in [-0.1, -0.05) is 13.8 Å². The quantitative estimate of drug-likeness (QED) is 0.846. The first-order valence-electron chi connectivity index (χ1n) is 5.95. The molecule has 0 aliphatic carbocycles. The average molecular weight is 349 g/mol. The van der Waals surface area contributed by atoms with Gasteiger partial charge in [-0.3, -0.25) is 9.89 Å². The summed E-state index contributed by atoms with van der Waals surface area (Å²) >= 11 is 3.13. The molecule has 0 bridgehead atoms. The number of H-pyrrole nitrogens is 1. The maximum atomic E-state index is 13.7. The van der Waals surface area contributed by atoms with Crippen LogP contribution in [0, 0.1) is 23.4 Å². The van der Waals surface area contributed by atoms with E-state index in [4.69, 9.17) is 0 Å². The van der Waals surface area contributed by atoms with Crippen molar-refractivity contribution >= 4 is 15.9 Å². The van der Waals surface area contributed by atoms with Gasteiger partial charge in [0, 0.05) is 12.1 Å². The number of benzene rings is 1. The Hall–Kier alpha value is -1.50. The minimum Gasteiger partial charge on any atom is -0.294 e. The van der Waals surface area contributed by atoms with E-state index < -0.39 is 23.0 Å². The molecular formula is C13H12BrF3N2O. The molecule has 7 heteroatoms. The minimum absolute atomic E-state index is 0.260. The summed E-state index contributed by atoms with van der Waals surface area (Å²) in [5, 5.41) is 2.71. The first-order valence-corrected chi connectivity index (χ1v) is 6.75. The molecule has 0 amide bonds. The zero-order valence-electron chi connectivity index (χ0n) is 10.8. The molecule has 2 rings (SSSR count).